The van der Waals surface area contributed by atoms with Crippen molar-refractivity contribution in [2.45, 2.75) is 12.5 Å². The van der Waals surface area contributed by atoms with E-state index >= 15 is 0 Å². The van der Waals surface area contributed by atoms with Crippen molar-refractivity contribution >= 4 is 23.2 Å². The minimum Gasteiger partial charge on any atom is -0.484 e. The number of rotatable bonds is 5. The molecule has 1 aliphatic rings. The van der Waals surface area contributed by atoms with Crippen LogP contribution in [0.25, 0.3) is 11.1 Å². The molecule has 27 heavy (non-hydrogen) atoms. The Morgan fingerprint density at radius 3 is 2.56 bits per heavy atom. The van der Waals surface area contributed by atoms with Gasteiger partial charge in [-0.2, -0.15) is 0 Å². The average Bonchev–Trinajstić information content (AvgIpc) is 3.22. The molecule has 138 valence electrons. The Balaban J connectivity index is 1.63. The molecule has 0 bridgehead atoms. The van der Waals surface area contributed by atoms with E-state index in [0.29, 0.717) is 21.7 Å². The summed E-state index contributed by atoms with van der Waals surface area (Å²) in [5.74, 6) is 1.02. The molecule has 1 fully saturated rings. The maximum absolute atomic E-state index is 6.57. The van der Waals surface area contributed by atoms with Crippen LogP contribution in [-0.2, 0) is 0 Å². The summed E-state index contributed by atoms with van der Waals surface area (Å²) >= 11 is 12.7. The summed E-state index contributed by atoms with van der Waals surface area (Å²) < 4.78 is 6.39. The molecule has 0 spiro atoms. The maximum atomic E-state index is 6.57. The van der Waals surface area contributed by atoms with E-state index in [9.17, 15) is 0 Å². The number of nitrogens with one attached hydrogen (secondary N) is 1. The van der Waals surface area contributed by atoms with Gasteiger partial charge in [-0.1, -0.05) is 59.6 Å². The Hall–Kier alpha value is -2.07. The number of ether oxygens (including phenoxy) is 1. The zero-order valence-corrected chi connectivity index (χ0v) is 16.3. The predicted octanol–water partition coefficient (Wildman–Crippen LogP) is 5.79. The van der Waals surface area contributed by atoms with Crippen molar-refractivity contribution in [1.82, 2.24) is 10.3 Å². The van der Waals surface area contributed by atoms with E-state index in [0.717, 1.165) is 36.2 Å². The SMILES string of the molecule is Clc1cncc(C(Oc2ccc(-c3ccccc3)cc2Cl)C2CCNC2)c1. The molecule has 2 atom stereocenters. The summed E-state index contributed by atoms with van der Waals surface area (Å²) in [5.41, 5.74) is 3.16. The lowest BCUT2D eigenvalue weighted by Crippen LogP contribution is -2.21. The minimum absolute atomic E-state index is 0.147. The Kier molecular flexibility index (Phi) is 5.63. The Morgan fingerprint density at radius 2 is 1.85 bits per heavy atom. The lowest BCUT2D eigenvalue weighted by molar-refractivity contribution is 0.144. The van der Waals surface area contributed by atoms with E-state index in [1.54, 1.807) is 6.20 Å². The van der Waals surface area contributed by atoms with Crippen LogP contribution < -0.4 is 10.1 Å². The van der Waals surface area contributed by atoms with Gasteiger partial charge in [0.05, 0.1) is 10.0 Å². The molecular weight excluding hydrogens is 379 g/mol. The van der Waals surface area contributed by atoms with Crippen molar-refractivity contribution in [1.29, 1.82) is 0 Å². The topological polar surface area (TPSA) is 34.1 Å². The zero-order chi connectivity index (χ0) is 18.6. The van der Waals surface area contributed by atoms with Crippen LogP contribution in [0.4, 0.5) is 0 Å². The van der Waals surface area contributed by atoms with Crippen molar-refractivity contribution in [3.63, 3.8) is 0 Å². The monoisotopic (exact) mass is 398 g/mol. The molecule has 3 aromatic rings. The molecule has 1 saturated heterocycles. The summed E-state index contributed by atoms with van der Waals surface area (Å²) in [6, 6.07) is 18.0. The molecule has 1 aliphatic heterocycles. The first-order chi connectivity index (χ1) is 13.2. The fourth-order valence-corrected chi connectivity index (χ4v) is 3.91. The van der Waals surface area contributed by atoms with Crippen LogP contribution in [0.1, 0.15) is 18.1 Å². The Bertz CT molecular complexity index is 911. The lowest BCUT2D eigenvalue weighted by atomic mass is 9.96. The first-order valence-corrected chi connectivity index (χ1v) is 9.79. The van der Waals surface area contributed by atoms with Gasteiger partial charge in [0, 0.05) is 30.4 Å². The number of halogens is 2. The van der Waals surface area contributed by atoms with Crippen molar-refractivity contribution < 1.29 is 4.74 Å². The van der Waals surface area contributed by atoms with Gasteiger partial charge in [0.25, 0.3) is 0 Å². The summed E-state index contributed by atoms with van der Waals surface area (Å²) in [7, 11) is 0. The van der Waals surface area contributed by atoms with E-state index in [-0.39, 0.29) is 6.10 Å². The highest BCUT2D eigenvalue weighted by Crippen LogP contribution is 2.37. The largest absolute Gasteiger partial charge is 0.484 e. The summed E-state index contributed by atoms with van der Waals surface area (Å²) in [4.78, 5) is 4.23. The third-order valence-corrected chi connectivity index (χ3v) is 5.38. The molecule has 0 aliphatic carbocycles. The smallest absolute Gasteiger partial charge is 0.138 e. The van der Waals surface area contributed by atoms with Crippen molar-refractivity contribution in [3.8, 4) is 16.9 Å². The van der Waals surface area contributed by atoms with Crippen LogP contribution in [0.15, 0.2) is 67.0 Å². The molecule has 3 nitrogen and oxygen atoms in total. The molecule has 0 saturated carbocycles. The highest BCUT2D eigenvalue weighted by molar-refractivity contribution is 6.32. The third kappa shape index (κ3) is 4.27. The fraction of sp³-hybridized carbons (Fsp3) is 0.227. The van der Waals surface area contributed by atoms with Gasteiger partial charge in [-0.3, -0.25) is 4.98 Å². The van der Waals surface area contributed by atoms with Crippen LogP contribution in [0.3, 0.4) is 0 Å². The second kappa shape index (κ2) is 8.30. The molecule has 0 radical (unpaired) electrons. The first-order valence-electron chi connectivity index (χ1n) is 9.03. The van der Waals surface area contributed by atoms with E-state index < -0.39 is 0 Å². The number of hydrogen-bond donors (Lipinski definition) is 1. The summed E-state index contributed by atoms with van der Waals surface area (Å²) in [6.45, 7) is 1.89. The number of aromatic nitrogens is 1. The number of hydrogen-bond acceptors (Lipinski definition) is 3. The van der Waals surface area contributed by atoms with Crippen LogP contribution in [0.2, 0.25) is 10.0 Å². The second-order valence-corrected chi connectivity index (χ2v) is 7.58. The van der Waals surface area contributed by atoms with Crippen LogP contribution in [0, 0.1) is 5.92 Å². The second-order valence-electron chi connectivity index (χ2n) is 6.74. The molecule has 0 amide bonds. The molecule has 2 aromatic carbocycles. The van der Waals surface area contributed by atoms with E-state index in [2.05, 4.69) is 22.4 Å². The van der Waals surface area contributed by atoms with Crippen LogP contribution in [0.5, 0.6) is 5.75 Å². The first kappa shape index (κ1) is 18.3. The quantitative estimate of drug-likeness (QED) is 0.590. The molecular formula is C22H20Cl2N2O. The van der Waals surface area contributed by atoms with Gasteiger partial charge in [-0.25, -0.2) is 0 Å². The van der Waals surface area contributed by atoms with Crippen molar-refractivity contribution in [2.75, 3.05) is 13.1 Å². The van der Waals surface area contributed by atoms with Gasteiger partial charge in [-0.15, -0.1) is 0 Å². The third-order valence-electron chi connectivity index (χ3n) is 4.87. The van der Waals surface area contributed by atoms with Gasteiger partial charge in [0.2, 0.25) is 0 Å². The molecule has 4 rings (SSSR count). The predicted molar refractivity (Wildman–Crippen MR) is 110 cm³/mol. The minimum atomic E-state index is -0.147. The highest BCUT2D eigenvalue weighted by atomic mass is 35.5. The molecule has 2 heterocycles. The van der Waals surface area contributed by atoms with Crippen LogP contribution in [-0.4, -0.2) is 18.1 Å². The fourth-order valence-electron chi connectivity index (χ4n) is 3.50. The van der Waals surface area contributed by atoms with Gasteiger partial charge in [-0.05, 0) is 42.3 Å². The van der Waals surface area contributed by atoms with Crippen molar-refractivity contribution in [3.05, 3.63) is 82.6 Å². The Labute approximate surface area is 169 Å². The highest BCUT2D eigenvalue weighted by Gasteiger charge is 2.29. The number of nitrogens with zero attached hydrogens (tertiary/aromatic N) is 1. The van der Waals surface area contributed by atoms with E-state index in [1.165, 1.54) is 0 Å². The van der Waals surface area contributed by atoms with Gasteiger partial charge >= 0.3 is 0 Å². The molecule has 5 heteroatoms. The maximum Gasteiger partial charge on any atom is 0.138 e. The zero-order valence-electron chi connectivity index (χ0n) is 14.7. The number of benzene rings is 2. The molecule has 1 aromatic heterocycles. The van der Waals surface area contributed by atoms with Gasteiger partial charge < -0.3 is 10.1 Å². The lowest BCUT2D eigenvalue weighted by Gasteiger charge is -2.25. The van der Waals surface area contributed by atoms with E-state index in [1.807, 2.05) is 48.7 Å². The van der Waals surface area contributed by atoms with E-state index in [4.69, 9.17) is 27.9 Å². The molecule has 2 unspecified atom stereocenters. The normalized spacial score (nSPS) is 17.6. The number of pyridine rings is 1. The summed E-state index contributed by atoms with van der Waals surface area (Å²) in [5, 5.41) is 4.61. The summed E-state index contributed by atoms with van der Waals surface area (Å²) in [6.07, 6.45) is 4.35. The standard InChI is InChI=1S/C22H20Cl2N2O/c23-19-10-18(13-26-14-19)22(17-8-9-25-12-17)27-21-7-6-16(11-20(21)24)15-4-2-1-3-5-15/h1-7,10-11,13-14,17,22,25H,8-9,12H2. The van der Waals surface area contributed by atoms with Gasteiger partial charge in [0.1, 0.15) is 11.9 Å². The van der Waals surface area contributed by atoms with Crippen molar-refractivity contribution in [2.24, 2.45) is 5.92 Å². The van der Waals surface area contributed by atoms with Gasteiger partial charge in [0.15, 0.2) is 0 Å². The van der Waals surface area contributed by atoms with Crippen LogP contribution >= 0.6 is 23.2 Å². The average molecular weight is 399 g/mol. The Morgan fingerprint density at radius 1 is 1.00 bits per heavy atom. The molecule has 1 N–H and O–H groups in total.